The van der Waals surface area contributed by atoms with Gasteiger partial charge in [-0.05, 0) is 51.7 Å². The summed E-state index contributed by atoms with van der Waals surface area (Å²) in [6.45, 7) is 7.49. The molecule has 1 aliphatic rings. The second-order valence-corrected chi connectivity index (χ2v) is 8.93. The van der Waals surface area contributed by atoms with Gasteiger partial charge >= 0.3 is 6.09 Å². The van der Waals surface area contributed by atoms with Gasteiger partial charge in [0.05, 0.1) is 5.69 Å². The second kappa shape index (κ2) is 9.96. The van der Waals surface area contributed by atoms with Crippen LogP contribution in [0.15, 0.2) is 36.4 Å². The summed E-state index contributed by atoms with van der Waals surface area (Å²) < 4.78 is 5.44. The molecule has 0 saturated carbocycles. The van der Waals surface area contributed by atoms with Crippen LogP contribution in [0.2, 0.25) is 5.15 Å². The first-order valence-electron chi connectivity index (χ1n) is 10.3. The Kier molecular flexibility index (Phi) is 7.33. The number of nitrogens with one attached hydrogen (secondary N) is 2. The minimum Gasteiger partial charge on any atom is -0.444 e. The molecule has 31 heavy (non-hydrogen) atoms. The summed E-state index contributed by atoms with van der Waals surface area (Å²) in [6.07, 6.45) is 1.40. The van der Waals surface area contributed by atoms with Crippen molar-refractivity contribution in [3.05, 3.63) is 47.2 Å². The molecule has 0 unspecified atom stereocenters. The summed E-state index contributed by atoms with van der Waals surface area (Å²) in [5, 5.41) is 14.1. The lowest BCUT2D eigenvalue weighted by atomic mass is 9.97. The number of ether oxygens (including phenoxy) is 1. The molecule has 0 aliphatic carbocycles. The van der Waals surface area contributed by atoms with Crippen molar-refractivity contribution in [2.24, 2.45) is 5.92 Å². The molecule has 9 heteroatoms. The number of rotatable bonds is 5. The predicted molar refractivity (Wildman–Crippen MR) is 120 cm³/mol. The van der Waals surface area contributed by atoms with Crippen molar-refractivity contribution in [2.45, 2.75) is 39.2 Å². The number of aromatic nitrogens is 2. The number of anilines is 2. The van der Waals surface area contributed by atoms with Crippen LogP contribution in [-0.4, -0.2) is 52.3 Å². The molecule has 2 aromatic rings. The second-order valence-electron chi connectivity index (χ2n) is 8.54. The fourth-order valence-corrected chi connectivity index (χ4v) is 3.43. The molecular formula is C22H28ClN5O3. The van der Waals surface area contributed by atoms with E-state index in [1.807, 2.05) is 39.0 Å². The van der Waals surface area contributed by atoms with Gasteiger partial charge in [-0.25, -0.2) is 4.79 Å². The summed E-state index contributed by atoms with van der Waals surface area (Å²) in [6, 6.07) is 10.8. The highest BCUT2D eigenvalue weighted by Gasteiger charge is 2.27. The standard InChI is InChI=1S/C22H28ClN5O3/c1-22(2,3)31-21(30)28-11-9-15(10-12-28)14-24-17-13-18(23)26-27-19(17)20(29)25-16-7-5-4-6-8-16/h4-8,13,15H,9-12,14H2,1-3H3,(H,24,26)(H,25,29). The number of nitrogens with zero attached hydrogens (tertiary/aromatic N) is 3. The van der Waals surface area contributed by atoms with Crippen molar-refractivity contribution >= 4 is 35.0 Å². The highest BCUT2D eigenvalue weighted by molar-refractivity contribution is 6.29. The van der Waals surface area contributed by atoms with Gasteiger partial charge in [0.1, 0.15) is 5.60 Å². The Morgan fingerprint density at radius 1 is 1.16 bits per heavy atom. The molecule has 0 spiro atoms. The van der Waals surface area contributed by atoms with Gasteiger partial charge < -0.3 is 20.3 Å². The van der Waals surface area contributed by atoms with Crippen molar-refractivity contribution in [2.75, 3.05) is 30.3 Å². The largest absolute Gasteiger partial charge is 0.444 e. The number of carbonyl (C=O) groups is 2. The molecule has 0 radical (unpaired) electrons. The highest BCUT2D eigenvalue weighted by Crippen LogP contribution is 2.23. The molecule has 2 amide bonds. The quantitative estimate of drug-likeness (QED) is 0.706. The molecule has 0 bridgehead atoms. The molecule has 8 nitrogen and oxygen atoms in total. The summed E-state index contributed by atoms with van der Waals surface area (Å²) in [4.78, 5) is 26.6. The fourth-order valence-electron chi connectivity index (χ4n) is 3.28. The van der Waals surface area contributed by atoms with Crippen LogP contribution in [0.3, 0.4) is 0 Å². The smallest absolute Gasteiger partial charge is 0.410 e. The Hall–Kier alpha value is -2.87. The van der Waals surface area contributed by atoms with Crippen LogP contribution in [0.4, 0.5) is 16.2 Å². The summed E-state index contributed by atoms with van der Waals surface area (Å²) in [5.41, 5.74) is 0.881. The van der Waals surface area contributed by atoms with Gasteiger partial charge in [-0.3, -0.25) is 4.79 Å². The van der Waals surface area contributed by atoms with E-state index in [1.165, 1.54) is 0 Å². The number of piperidine rings is 1. The van der Waals surface area contributed by atoms with E-state index in [1.54, 1.807) is 23.1 Å². The molecule has 1 aromatic carbocycles. The molecule has 1 fully saturated rings. The molecule has 3 rings (SSSR count). The van der Waals surface area contributed by atoms with Crippen LogP contribution in [0.25, 0.3) is 0 Å². The van der Waals surface area contributed by atoms with Crippen molar-refractivity contribution in [3.63, 3.8) is 0 Å². The molecule has 2 N–H and O–H groups in total. The van der Waals surface area contributed by atoms with Crippen LogP contribution in [0.5, 0.6) is 0 Å². The van der Waals surface area contributed by atoms with Crippen molar-refractivity contribution in [3.8, 4) is 0 Å². The predicted octanol–water partition coefficient (Wildman–Crippen LogP) is 4.44. The third-order valence-electron chi connectivity index (χ3n) is 4.86. The lowest BCUT2D eigenvalue weighted by molar-refractivity contribution is 0.0188. The Morgan fingerprint density at radius 2 is 1.84 bits per heavy atom. The molecule has 1 aromatic heterocycles. The van der Waals surface area contributed by atoms with E-state index in [4.69, 9.17) is 16.3 Å². The number of halogens is 1. The number of carbonyl (C=O) groups excluding carboxylic acids is 2. The van der Waals surface area contributed by atoms with Crippen LogP contribution >= 0.6 is 11.6 Å². The first-order chi connectivity index (χ1) is 14.7. The van der Waals surface area contributed by atoms with Crippen molar-refractivity contribution in [1.82, 2.24) is 15.1 Å². The number of benzene rings is 1. The number of para-hydroxylation sites is 1. The van der Waals surface area contributed by atoms with Gasteiger partial charge in [-0.1, -0.05) is 29.8 Å². The van der Waals surface area contributed by atoms with Crippen LogP contribution in [0.1, 0.15) is 44.1 Å². The summed E-state index contributed by atoms with van der Waals surface area (Å²) in [5.74, 6) is -0.0201. The van der Waals surface area contributed by atoms with Gasteiger partial charge in [0.2, 0.25) is 0 Å². The zero-order chi connectivity index (χ0) is 22.4. The molecule has 1 aliphatic heterocycles. The average molecular weight is 446 g/mol. The Labute approximate surface area is 187 Å². The van der Waals surface area contributed by atoms with Crippen molar-refractivity contribution in [1.29, 1.82) is 0 Å². The van der Waals surface area contributed by atoms with E-state index in [0.29, 0.717) is 36.9 Å². The zero-order valence-electron chi connectivity index (χ0n) is 18.0. The van der Waals surface area contributed by atoms with E-state index >= 15 is 0 Å². The van der Waals surface area contributed by atoms with Gasteiger partial charge in [0.15, 0.2) is 10.8 Å². The van der Waals surface area contributed by atoms with Gasteiger partial charge in [-0.2, -0.15) is 0 Å². The molecule has 2 heterocycles. The summed E-state index contributed by atoms with van der Waals surface area (Å²) in [7, 11) is 0. The number of amides is 2. The van der Waals surface area contributed by atoms with E-state index < -0.39 is 5.60 Å². The van der Waals surface area contributed by atoms with Gasteiger partial charge in [-0.15, -0.1) is 10.2 Å². The van der Waals surface area contributed by atoms with Gasteiger partial charge in [0, 0.05) is 31.4 Å². The Morgan fingerprint density at radius 3 is 2.48 bits per heavy atom. The van der Waals surface area contributed by atoms with E-state index in [-0.39, 0.29) is 22.8 Å². The van der Waals surface area contributed by atoms with Gasteiger partial charge in [0.25, 0.3) is 5.91 Å². The maximum Gasteiger partial charge on any atom is 0.410 e. The molecule has 1 saturated heterocycles. The van der Waals surface area contributed by atoms with Crippen LogP contribution in [-0.2, 0) is 4.74 Å². The van der Waals surface area contributed by atoms with E-state index in [9.17, 15) is 9.59 Å². The zero-order valence-corrected chi connectivity index (χ0v) is 18.8. The van der Waals surface area contributed by atoms with Crippen LogP contribution < -0.4 is 10.6 Å². The van der Waals surface area contributed by atoms with E-state index in [2.05, 4.69) is 20.8 Å². The lowest BCUT2D eigenvalue weighted by Crippen LogP contribution is -2.42. The number of hydrogen-bond acceptors (Lipinski definition) is 6. The Balaban J connectivity index is 1.57. The SMILES string of the molecule is CC(C)(C)OC(=O)N1CCC(CNc2cc(Cl)nnc2C(=O)Nc2ccccc2)CC1. The highest BCUT2D eigenvalue weighted by atomic mass is 35.5. The molecular weight excluding hydrogens is 418 g/mol. The average Bonchev–Trinajstić information content (AvgIpc) is 2.72. The first kappa shape index (κ1) is 22.8. The maximum atomic E-state index is 12.7. The summed E-state index contributed by atoms with van der Waals surface area (Å²) >= 11 is 6.01. The first-order valence-corrected chi connectivity index (χ1v) is 10.7. The maximum absolute atomic E-state index is 12.7. The molecule has 166 valence electrons. The third-order valence-corrected chi connectivity index (χ3v) is 5.04. The molecule has 0 atom stereocenters. The third kappa shape index (κ3) is 6.82. The number of hydrogen-bond donors (Lipinski definition) is 2. The Bertz CT molecular complexity index is 909. The van der Waals surface area contributed by atoms with Crippen molar-refractivity contribution < 1.29 is 14.3 Å². The number of likely N-dealkylation sites (tertiary alicyclic amines) is 1. The van der Waals surface area contributed by atoms with Crippen LogP contribution in [0, 0.1) is 5.92 Å². The monoisotopic (exact) mass is 445 g/mol. The minimum atomic E-state index is -0.500. The fraction of sp³-hybridized carbons (Fsp3) is 0.455. The minimum absolute atomic E-state index is 0.180. The van der Waals surface area contributed by atoms with E-state index in [0.717, 1.165) is 12.8 Å². The topological polar surface area (TPSA) is 96.4 Å². The lowest BCUT2D eigenvalue weighted by Gasteiger charge is -2.33. The normalized spacial score (nSPS) is 14.8.